The first-order valence-corrected chi connectivity index (χ1v) is 19.2. The number of ether oxygens (including phenoxy) is 1. The van der Waals surface area contributed by atoms with E-state index >= 15 is 0 Å². The summed E-state index contributed by atoms with van der Waals surface area (Å²) in [6.07, 6.45) is 16.3. The van der Waals surface area contributed by atoms with Crippen molar-refractivity contribution in [1.29, 1.82) is 0 Å². The fourth-order valence-corrected chi connectivity index (χ4v) is 8.25. The number of hydrogen-bond donors (Lipinski definition) is 4. The lowest BCUT2D eigenvalue weighted by Crippen LogP contribution is -2.51. The third-order valence-electron chi connectivity index (χ3n) is 11.2. The van der Waals surface area contributed by atoms with Gasteiger partial charge in [0.05, 0.1) is 43.3 Å². The van der Waals surface area contributed by atoms with Crippen molar-refractivity contribution in [2.24, 2.45) is 23.7 Å². The number of carbonyl (C=O) groups excluding carboxylic acids is 3. The topological polar surface area (TPSA) is 171 Å². The van der Waals surface area contributed by atoms with Gasteiger partial charge in [0.1, 0.15) is 18.2 Å². The first-order chi connectivity index (χ1) is 26.8. The summed E-state index contributed by atoms with van der Waals surface area (Å²) in [6, 6.07) is 15.9. The van der Waals surface area contributed by atoms with E-state index in [1.54, 1.807) is 18.7 Å². The Kier molecular flexibility index (Phi) is 11.6. The Balaban J connectivity index is 0.000000227. The molecular weight excluding hydrogens is 695 g/mol. The lowest BCUT2D eigenvalue weighted by atomic mass is 9.88. The molecule has 286 valence electrons. The number of H-pyrrole nitrogens is 2. The minimum absolute atomic E-state index is 0.0739. The highest BCUT2D eigenvalue weighted by Crippen LogP contribution is 2.48. The van der Waals surface area contributed by atoms with E-state index in [0.29, 0.717) is 19.0 Å². The third-order valence-corrected chi connectivity index (χ3v) is 11.2. The highest BCUT2D eigenvalue weighted by molar-refractivity contribution is 5.86. The molecule has 3 aliphatic rings. The van der Waals surface area contributed by atoms with Gasteiger partial charge in [-0.25, -0.2) is 24.7 Å². The number of fused-ring (bicyclic) bond motifs is 2. The van der Waals surface area contributed by atoms with Crippen molar-refractivity contribution in [3.63, 3.8) is 0 Å². The van der Waals surface area contributed by atoms with Crippen molar-refractivity contribution in [1.82, 2.24) is 45.4 Å². The van der Waals surface area contributed by atoms with E-state index < -0.39 is 12.1 Å². The Bertz CT molecular complexity index is 2030. The molecule has 3 aromatic heterocycles. The van der Waals surface area contributed by atoms with Gasteiger partial charge >= 0.3 is 6.09 Å². The molecular formula is C42H49N9O4. The van der Waals surface area contributed by atoms with Gasteiger partial charge < -0.3 is 30.2 Å². The van der Waals surface area contributed by atoms with Crippen LogP contribution in [0.15, 0.2) is 86.0 Å². The van der Waals surface area contributed by atoms with Crippen molar-refractivity contribution < 1.29 is 19.1 Å². The minimum Gasteiger partial charge on any atom is -0.453 e. The molecule has 2 bridgehead atoms. The van der Waals surface area contributed by atoms with Gasteiger partial charge in [-0.05, 0) is 72.1 Å². The standard InChI is InChI=1S/C29H32N6O3.C13H17N3O/c1-18(2)26(34-29(37)38-3)28(36)35-14-4-5-25(35)27-31-16-24(33-27)22-12-8-20(9-13-22)19-6-10-21(11-7-19)23-15-30-17-32-23;17-13(12-4-9-1-2-11(12)3-9)16-7-10-5-14-8-15-6-10/h6-13,15-18,25-26H,4-5,14H2,1-3H3,(H,30,32)(H,31,33)(H,34,37);5-6,8-9,11-12H,1-4,7H2,(H,16,17). The molecule has 55 heavy (non-hydrogen) atoms. The van der Waals surface area contributed by atoms with E-state index in [1.807, 2.05) is 31.1 Å². The number of nitrogens with zero attached hydrogens (tertiary/aromatic N) is 5. The molecule has 2 saturated carbocycles. The number of likely N-dealkylation sites (tertiary alicyclic amines) is 1. The number of imidazole rings is 2. The van der Waals surface area contributed by atoms with E-state index in [9.17, 15) is 14.4 Å². The Morgan fingerprint density at radius 1 is 0.855 bits per heavy atom. The average molecular weight is 744 g/mol. The maximum absolute atomic E-state index is 13.4. The van der Waals surface area contributed by atoms with Crippen LogP contribution in [0.25, 0.3) is 33.6 Å². The van der Waals surface area contributed by atoms with Crippen molar-refractivity contribution in [3.05, 3.63) is 97.4 Å². The minimum atomic E-state index is -0.654. The van der Waals surface area contributed by atoms with Crippen LogP contribution in [0.2, 0.25) is 0 Å². The van der Waals surface area contributed by atoms with Crippen LogP contribution in [-0.2, 0) is 20.9 Å². The van der Waals surface area contributed by atoms with Gasteiger partial charge in [-0.1, -0.05) is 68.8 Å². The predicted octanol–water partition coefficient (Wildman–Crippen LogP) is 6.71. The van der Waals surface area contributed by atoms with Gasteiger partial charge in [-0.3, -0.25) is 9.59 Å². The Morgan fingerprint density at radius 2 is 1.55 bits per heavy atom. The molecule has 0 spiro atoms. The van der Waals surface area contributed by atoms with E-state index in [4.69, 9.17) is 4.74 Å². The Labute approximate surface area is 321 Å². The Morgan fingerprint density at radius 3 is 2.15 bits per heavy atom. The number of aromatic nitrogens is 6. The summed E-state index contributed by atoms with van der Waals surface area (Å²) in [5, 5.41) is 5.69. The summed E-state index contributed by atoms with van der Waals surface area (Å²) < 4.78 is 4.72. The number of alkyl carbamates (subject to hydrolysis) is 1. The number of amides is 3. The highest BCUT2D eigenvalue weighted by atomic mass is 16.5. The molecule has 5 atom stereocenters. The fraction of sp³-hybridized carbons (Fsp3) is 0.405. The molecule has 13 nitrogen and oxygen atoms in total. The predicted molar refractivity (Wildman–Crippen MR) is 208 cm³/mol. The van der Waals surface area contributed by atoms with Crippen LogP contribution in [0, 0.1) is 23.7 Å². The van der Waals surface area contributed by atoms with Crippen LogP contribution >= 0.6 is 0 Å². The van der Waals surface area contributed by atoms with Gasteiger partial charge in [0.25, 0.3) is 0 Å². The van der Waals surface area contributed by atoms with Crippen molar-refractivity contribution in [3.8, 4) is 33.6 Å². The number of nitrogens with one attached hydrogen (secondary N) is 4. The number of benzene rings is 2. The van der Waals surface area contributed by atoms with Gasteiger partial charge in [0, 0.05) is 37.0 Å². The van der Waals surface area contributed by atoms with E-state index in [1.165, 1.54) is 32.7 Å². The average Bonchev–Trinajstić information content (AvgIpc) is 4.08. The molecule has 1 saturated heterocycles. The van der Waals surface area contributed by atoms with Crippen LogP contribution in [0.3, 0.4) is 0 Å². The molecule has 8 rings (SSSR count). The largest absolute Gasteiger partial charge is 0.453 e. The van der Waals surface area contributed by atoms with Gasteiger partial charge in [0.2, 0.25) is 11.8 Å². The molecule has 5 aromatic rings. The molecule has 3 amide bonds. The zero-order valence-electron chi connectivity index (χ0n) is 31.6. The summed E-state index contributed by atoms with van der Waals surface area (Å²) in [5.74, 6) is 2.51. The molecule has 4 heterocycles. The molecule has 3 fully saturated rings. The molecule has 13 heteroatoms. The summed E-state index contributed by atoms with van der Waals surface area (Å²) in [7, 11) is 1.30. The maximum Gasteiger partial charge on any atom is 0.407 e. The molecule has 2 aliphatic carbocycles. The number of methoxy groups -OCH3 is 1. The summed E-state index contributed by atoms with van der Waals surface area (Å²) in [6.45, 7) is 4.99. The zero-order chi connectivity index (χ0) is 38.3. The van der Waals surface area contributed by atoms with Crippen LogP contribution in [0.5, 0.6) is 0 Å². The SMILES string of the molecule is COC(=O)NC(C(=O)N1CCCC1c1ncc(-c2ccc(-c3ccc(-c4cnc[nH]4)cc3)cc2)[nH]1)C(C)C.O=C(NCc1cncnc1)C1CC2CCC1C2. The van der Waals surface area contributed by atoms with Gasteiger partial charge in [-0.2, -0.15) is 0 Å². The smallest absolute Gasteiger partial charge is 0.407 e. The lowest BCUT2D eigenvalue weighted by Gasteiger charge is -2.30. The van der Waals surface area contributed by atoms with Gasteiger partial charge in [-0.15, -0.1) is 0 Å². The first kappa shape index (κ1) is 37.5. The van der Waals surface area contributed by atoms with E-state index in [-0.39, 0.29) is 29.7 Å². The molecule has 1 aliphatic heterocycles. The summed E-state index contributed by atoms with van der Waals surface area (Å²) in [4.78, 5) is 62.2. The summed E-state index contributed by atoms with van der Waals surface area (Å²) >= 11 is 0. The second kappa shape index (κ2) is 17.1. The third kappa shape index (κ3) is 8.77. The molecule has 4 N–H and O–H groups in total. The molecule has 2 aromatic carbocycles. The Hall–Kier alpha value is -5.85. The molecule has 5 unspecified atom stereocenters. The quantitative estimate of drug-likeness (QED) is 0.122. The fourth-order valence-electron chi connectivity index (χ4n) is 8.25. The zero-order valence-corrected chi connectivity index (χ0v) is 31.6. The van der Waals surface area contributed by atoms with Crippen molar-refractivity contribution >= 4 is 17.9 Å². The van der Waals surface area contributed by atoms with Crippen LogP contribution in [0.1, 0.15) is 69.8 Å². The number of aromatic amines is 2. The second-order valence-corrected chi connectivity index (χ2v) is 15.1. The van der Waals surface area contributed by atoms with Crippen LogP contribution < -0.4 is 10.6 Å². The first-order valence-electron chi connectivity index (χ1n) is 19.2. The number of carbonyl (C=O) groups is 3. The lowest BCUT2D eigenvalue weighted by molar-refractivity contribution is -0.135. The highest BCUT2D eigenvalue weighted by Gasteiger charge is 2.43. The normalized spacial score (nSPS) is 20.5. The number of hydrogen-bond acceptors (Lipinski definition) is 8. The van der Waals surface area contributed by atoms with Gasteiger partial charge in [0.15, 0.2) is 0 Å². The number of rotatable bonds is 10. The summed E-state index contributed by atoms with van der Waals surface area (Å²) in [5.41, 5.74) is 7.21. The maximum atomic E-state index is 13.4. The monoisotopic (exact) mass is 743 g/mol. The molecule has 0 radical (unpaired) electrons. The van der Waals surface area contributed by atoms with E-state index in [2.05, 4.69) is 89.1 Å². The van der Waals surface area contributed by atoms with Crippen LogP contribution in [-0.4, -0.2) is 72.4 Å². The van der Waals surface area contributed by atoms with E-state index in [0.717, 1.165) is 70.2 Å². The second-order valence-electron chi connectivity index (χ2n) is 15.1. The van der Waals surface area contributed by atoms with Crippen molar-refractivity contribution in [2.75, 3.05) is 13.7 Å². The van der Waals surface area contributed by atoms with Crippen molar-refractivity contribution in [2.45, 2.75) is 71.0 Å². The van der Waals surface area contributed by atoms with Crippen LogP contribution in [0.4, 0.5) is 4.79 Å².